The number of ketones is 1. The van der Waals surface area contributed by atoms with Crippen LogP contribution in [-0.4, -0.2) is 49.0 Å². The summed E-state index contributed by atoms with van der Waals surface area (Å²) in [7, 11) is 1.81. The van der Waals surface area contributed by atoms with Gasteiger partial charge in [-0.2, -0.15) is 4.98 Å². The van der Waals surface area contributed by atoms with Gasteiger partial charge in [-0.15, -0.1) is 0 Å². The first-order chi connectivity index (χ1) is 14.7. The summed E-state index contributed by atoms with van der Waals surface area (Å²) in [6.07, 6.45) is 2.77. The molecule has 154 valence electrons. The Morgan fingerprint density at radius 2 is 1.73 bits per heavy atom. The van der Waals surface area contributed by atoms with Gasteiger partial charge in [-0.1, -0.05) is 18.2 Å². The summed E-state index contributed by atoms with van der Waals surface area (Å²) in [5, 5.41) is 3.12. The van der Waals surface area contributed by atoms with Crippen molar-refractivity contribution in [2.24, 2.45) is 0 Å². The number of carbonyl (C=O) groups is 1. The summed E-state index contributed by atoms with van der Waals surface area (Å²) in [4.78, 5) is 27.0. The monoisotopic (exact) mass is 403 g/mol. The van der Waals surface area contributed by atoms with Crippen LogP contribution in [0.3, 0.4) is 0 Å². The summed E-state index contributed by atoms with van der Waals surface area (Å²) >= 11 is 0. The Balaban J connectivity index is 1.39. The van der Waals surface area contributed by atoms with Crippen molar-refractivity contribution in [2.75, 3.05) is 48.3 Å². The topological polar surface area (TPSA) is 74.5 Å². The zero-order valence-corrected chi connectivity index (χ0v) is 17.0. The predicted molar refractivity (Wildman–Crippen MR) is 117 cm³/mol. The molecule has 7 nitrogen and oxygen atoms in total. The largest absolute Gasteiger partial charge is 0.469 e. The Kier molecular flexibility index (Phi) is 4.86. The van der Waals surface area contributed by atoms with Crippen LogP contribution in [0.25, 0.3) is 0 Å². The lowest BCUT2D eigenvalue weighted by atomic mass is 9.84. The number of para-hydroxylation sites is 1. The number of hydrogen-bond donors (Lipinski definition) is 1. The number of aromatic nitrogens is 2. The number of furan rings is 1. The first-order valence-corrected chi connectivity index (χ1v) is 10.4. The van der Waals surface area contributed by atoms with Crippen LogP contribution in [-0.2, 0) is 6.42 Å². The normalized spacial score (nSPS) is 19.0. The van der Waals surface area contributed by atoms with Crippen LogP contribution in [0.5, 0.6) is 0 Å². The van der Waals surface area contributed by atoms with Crippen molar-refractivity contribution in [3.63, 3.8) is 0 Å². The number of benzene rings is 1. The summed E-state index contributed by atoms with van der Waals surface area (Å²) in [5.74, 6) is 2.27. The van der Waals surface area contributed by atoms with E-state index in [0.29, 0.717) is 30.2 Å². The minimum Gasteiger partial charge on any atom is -0.469 e. The van der Waals surface area contributed by atoms with E-state index in [4.69, 9.17) is 14.4 Å². The van der Waals surface area contributed by atoms with E-state index in [1.807, 2.05) is 25.2 Å². The second kappa shape index (κ2) is 7.82. The third-order valence-electron chi connectivity index (χ3n) is 5.99. The van der Waals surface area contributed by atoms with Crippen molar-refractivity contribution in [3.8, 4) is 0 Å². The summed E-state index contributed by atoms with van der Waals surface area (Å²) in [6, 6.07) is 14.3. The van der Waals surface area contributed by atoms with Gasteiger partial charge in [0, 0.05) is 57.7 Å². The Labute approximate surface area is 175 Å². The van der Waals surface area contributed by atoms with Gasteiger partial charge in [0.1, 0.15) is 11.6 Å². The van der Waals surface area contributed by atoms with Crippen LogP contribution in [0.15, 0.2) is 53.1 Å². The number of rotatable bonds is 4. The fourth-order valence-electron chi connectivity index (χ4n) is 4.42. The Morgan fingerprint density at radius 1 is 0.967 bits per heavy atom. The molecule has 0 saturated carbocycles. The molecule has 7 heteroatoms. The van der Waals surface area contributed by atoms with Gasteiger partial charge in [-0.25, -0.2) is 4.98 Å². The molecular weight excluding hydrogens is 378 g/mol. The van der Waals surface area contributed by atoms with Gasteiger partial charge in [-0.3, -0.25) is 4.79 Å². The average Bonchev–Trinajstić information content (AvgIpc) is 3.34. The second-order valence-corrected chi connectivity index (χ2v) is 7.80. The molecule has 3 aromatic rings. The number of carbonyl (C=O) groups excluding carboxylic acids is 1. The molecule has 1 aromatic carbocycles. The Morgan fingerprint density at radius 3 is 2.43 bits per heavy atom. The molecule has 2 aromatic heterocycles. The molecule has 1 fully saturated rings. The van der Waals surface area contributed by atoms with E-state index >= 15 is 0 Å². The molecule has 2 aliphatic rings. The smallest absolute Gasteiger partial charge is 0.227 e. The Hall–Kier alpha value is -3.35. The maximum Gasteiger partial charge on any atom is 0.227 e. The third-order valence-corrected chi connectivity index (χ3v) is 5.99. The number of piperazine rings is 1. The van der Waals surface area contributed by atoms with E-state index in [-0.39, 0.29) is 11.7 Å². The summed E-state index contributed by atoms with van der Waals surface area (Å²) in [5.41, 5.74) is 2.69. The highest BCUT2D eigenvalue weighted by atomic mass is 16.3. The molecule has 0 radical (unpaired) electrons. The highest BCUT2D eigenvalue weighted by molar-refractivity contribution is 6.03. The predicted octanol–water partition coefficient (Wildman–Crippen LogP) is 3.35. The van der Waals surface area contributed by atoms with Crippen molar-refractivity contribution in [3.05, 3.63) is 65.7 Å². The number of nitrogens with one attached hydrogen (secondary N) is 1. The van der Waals surface area contributed by atoms with Crippen LogP contribution in [0.2, 0.25) is 0 Å². The maximum absolute atomic E-state index is 12.9. The van der Waals surface area contributed by atoms with Gasteiger partial charge in [0.2, 0.25) is 5.95 Å². The number of Topliss-reactive ketones (excluding diaryl/α,β-unsaturated/α-hetero) is 1. The molecule has 1 N–H and O–H groups in total. The van der Waals surface area contributed by atoms with E-state index < -0.39 is 0 Å². The van der Waals surface area contributed by atoms with Crippen molar-refractivity contribution >= 4 is 23.2 Å². The van der Waals surface area contributed by atoms with Crippen molar-refractivity contribution in [1.82, 2.24) is 9.97 Å². The number of hydrogen-bond acceptors (Lipinski definition) is 7. The molecule has 0 spiro atoms. The van der Waals surface area contributed by atoms with E-state index in [2.05, 4.69) is 39.4 Å². The van der Waals surface area contributed by atoms with Gasteiger partial charge < -0.3 is 19.5 Å². The van der Waals surface area contributed by atoms with Crippen LogP contribution in [0.1, 0.15) is 34.2 Å². The molecule has 0 amide bonds. The minimum absolute atomic E-state index is 0.0300. The van der Waals surface area contributed by atoms with Gasteiger partial charge in [0.05, 0.1) is 17.5 Å². The molecule has 1 aliphatic heterocycles. The number of nitrogens with zero attached hydrogens (tertiary/aromatic N) is 4. The van der Waals surface area contributed by atoms with Crippen LogP contribution in [0.4, 0.5) is 17.5 Å². The van der Waals surface area contributed by atoms with E-state index in [1.54, 1.807) is 6.26 Å². The van der Waals surface area contributed by atoms with Crippen LogP contribution in [0, 0.1) is 0 Å². The first-order valence-electron chi connectivity index (χ1n) is 10.4. The van der Waals surface area contributed by atoms with Crippen molar-refractivity contribution in [2.45, 2.75) is 18.8 Å². The lowest BCUT2D eigenvalue weighted by Gasteiger charge is -2.36. The molecule has 3 heterocycles. The third kappa shape index (κ3) is 3.40. The molecule has 0 unspecified atom stereocenters. The van der Waals surface area contributed by atoms with Crippen molar-refractivity contribution in [1.29, 1.82) is 0 Å². The lowest BCUT2D eigenvalue weighted by Crippen LogP contribution is -2.47. The highest BCUT2D eigenvalue weighted by Crippen LogP contribution is 2.35. The van der Waals surface area contributed by atoms with E-state index in [9.17, 15) is 4.79 Å². The number of fused-ring (bicyclic) bond motifs is 1. The minimum atomic E-state index is 0.0300. The van der Waals surface area contributed by atoms with E-state index in [0.717, 1.165) is 37.6 Å². The van der Waals surface area contributed by atoms with Crippen LogP contribution >= 0.6 is 0 Å². The number of anilines is 3. The fourth-order valence-corrected chi connectivity index (χ4v) is 4.42. The highest BCUT2D eigenvalue weighted by Gasteiger charge is 2.33. The SMILES string of the molecule is CNc1nc(N2CCN(c3ccccc3)CC2)nc2c1C(=O)C[C@@H](c1ccco1)C2. The lowest BCUT2D eigenvalue weighted by molar-refractivity contribution is 0.0959. The quantitative estimate of drug-likeness (QED) is 0.716. The van der Waals surface area contributed by atoms with Gasteiger partial charge in [-0.05, 0) is 24.3 Å². The molecule has 1 atom stereocenters. The van der Waals surface area contributed by atoms with Crippen molar-refractivity contribution < 1.29 is 9.21 Å². The molecule has 1 aliphatic carbocycles. The van der Waals surface area contributed by atoms with E-state index in [1.165, 1.54) is 5.69 Å². The zero-order chi connectivity index (χ0) is 20.5. The average molecular weight is 403 g/mol. The van der Waals surface area contributed by atoms with Gasteiger partial charge >= 0.3 is 0 Å². The van der Waals surface area contributed by atoms with Gasteiger partial charge in [0.15, 0.2) is 5.78 Å². The molecule has 0 bridgehead atoms. The fraction of sp³-hybridized carbons (Fsp3) is 0.348. The van der Waals surface area contributed by atoms with Crippen LogP contribution < -0.4 is 15.1 Å². The standard InChI is InChI=1S/C23H25N5O2/c1-24-22-21-18(14-16(15-19(21)29)20-8-5-13-30-20)25-23(26-22)28-11-9-27(10-12-28)17-6-3-2-4-7-17/h2-8,13,16H,9-12,14-15H2,1H3,(H,24,25,26)/t16-/m0/s1. The zero-order valence-electron chi connectivity index (χ0n) is 17.0. The first kappa shape index (κ1) is 18.7. The summed E-state index contributed by atoms with van der Waals surface area (Å²) in [6.45, 7) is 3.50. The molecular formula is C23H25N5O2. The second-order valence-electron chi connectivity index (χ2n) is 7.80. The summed E-state index contributed by atoms with van der Waals surface area (Å²) < 4.78 is 5.57. The maximum atomic E-state index is 12.9. The molecule has 1 saturated heterocycles. The molecule has 30 heavy (non-hydrogen) atoms. The Bertz CT molecular complexity index is 1030. The van der Waals surface area contributed by atoms with Gasteiger partial charge in [0.25, 0.3) is 0 Å². The molecule has 5 rings (SSSR count).